The SMILES string of the molecule is O=C(O)C[C@@H](NC(=O)[C@@H]1CCCN(CCCc2ccc3c(n2)NCCC3)C1)c1ccc2c(c1)C1(CC2)CC1. The summed E-state index contributed by atoms with van der Waals surface area (Å²) in [5, 5.41) is 16.2. The molecule has 2 fully saturated rings. The molecule has 0 radical (unpaired) electrons. The van der Waals surface area contributed by atoms with Gasteiger partial charge in [-0.25, -0.2) is 4.98 Å². The summed E-state index contributed by atoms with van der Waals surface area (Å²) in [5.74, 6) is 0.0589. The number of hydrogen-bond donors (Lipinski definition) is 3. The minimum Gasteiger partial charge on any atom is -0.481 e. The molecule has 202 valence electrons. The van der Waals surface area contributed by atoms with E-state index in [0.29, 0.717) is 5.41 Å². The number of nitrogens with one attached hydrogen (secondary N) is 2. The molecule has 1 aromatic carbocycles. The van der Waals surface area contributed by atoms with Crippen molar-refractivity contribution in [2.45, 2.75) is 82.1 Å². The fraction of sp³-hybridized carbons (Fsp3) is 0.581. The second-order valence-electron chi connectivity index (χ2n) is 11.9. The van der Waals surface area contributed by atoms with Crippen LogP contribution in [-0.4, -0.2) is 53.0 Å². The van der Waals surface area contributed by atoms with Crippen LogP contribution in [0.4, 0.5) is 5.82 Å². The zero-order valence-corrected chi connectivity index (χ0v) is 22.3. The lowest BCUT2D eigenvalue weighted by Crippen LogP contribution is -2.44. The highest BCUT2D eigenvalue weighted by Gasteiger charge is 2.48. The van der Waals surface area contributed by atoms with Crippen molar-refractivity contribution in [2.24, 2.45) is 5.92 Å². The number of benzene rings is 1. The Kier molecular flexibility index (Phi) is 7.12. The Morgan fingerprint density at radius 1 is 1.13 bits per heavy atom. The maximum atomic E-state index is 13.4. The first kappa shape index (κ1) is 25.4. The lowest BCUT2D eigenvalue weighted by Gasteiger charge is -2.33. The molecule has 7 nitrogen and oxygen atoms in total. The normalized spacial score (nSPS) is 22.3. The highest BCUT2D eigenvalue weighted by atomic mass is 16.4. The minimum atomic E-state index is -0.881. The second kappa shape index (κ2) is 10.7. The number of aryl methyl sites for hydroxylation is 3. The van der Waals surface area contributed by atoms with Crippen LogP contribution in [0.2, 0.25) is 0 Å². The second-order valence-corrected chi connectivity index (χ2v) is 11.9. The first-order valence-corrected chi connectivity index (χ1v) is 14.6. The van der Waals surface area contributed by atoms with E-state index >= 15 is 0 Å². The number of piperidine rings is 1. The van der Waals surface area contributed by atoms with E-state index < -0.39 is 12.0 Å². The van der Waals surface area contributed by atoms with E-state index in [4.69, 9.17) is 4.98 Å². The van der Waals surface area contributed by atoms with E-state index in [9.17, 15) is 14.7 Å². The highest BCUT2D eigenvalue weighted by molar-refractivity contribution is 5.80. The Morgan fingerprint density at radius 2 is 2.00 bits per heavy atom. The third-order valence-electron chi connectivity index (χ3n) is 9.26. The maximum Gasteiger partial charge on any atom is 0.305 e. The number of pyridine rings is 1. The number of aromatic nitrogens is 1. The summed E-state index contributed by atoms with van der Waals surface area (Å²) in [6.45, 7) is 3.69. The van der Waals surface area contributed by atoms with Crippen LogP contribution in [0.15, 0.2) is 30.3 Å². The lowest BCUT2D eigenvalue weighted by atomic mass is 9.92. The fourth-order valence-corrected chi connectivity index (χ4v) is 6.88. The Labute approximate surface area is 225 Å². The molecule has 3 heterocycles. The van der Waals surface area contributed by atoms with Gasteiger partial charge in [0.05, 0.1) is 18.4 Å². The average molecular weight is 517 g/mol. The van der Waals surface area contributed by atoms with Gasteiger partial charge in [0, 0.05) is 18.8 Å². The maximum absolute atomic E-state index is 13.4. The summed E-state index contributed by atoms with van der Waals surface area (Å²) >= 11 is 0. The van der Waals surface area contributed by atoms with Gasteiger partial charge in [0.25, 0.3) is 0 Å². The summed E-state index contributed by atoms with van der Waals surface area (Å²) in [5.41, 5.74) is 6.51. The van der Waals surface area contributed by atoms with E-state index in [1.165, 1.54) is 42.4 Å². The standard InChI is InChI=1S/C31H40N4O3/c36-28(37)19-27(23-8-7-21-11-12-31(13-14-31)26(21)18-23)34-30(38)24-5-2-16-35(20-24)17-3-6-25-10-9-22-4-1-15-32-29(22)33-25/h7-10,18,24,27H,1-6,11-17,19-20H2,(H,32,33)(H,34,38)(H,36,37)/t24-,27-/m1/s1. The van der Waals surface area contributed by atoms with Crippen molar-refractivity contribution in [2.75, 3.05) is 31.5 Å². The molecule has 2 aliphatic heterocycles. The molecule has 4 aliphatic rings. The molecule has 2 aliphatic carbocycles. The van der Waals surface area contributed by atoms with Crippen LogP contribution in [0.5, 0.6) is 0 Å². The zero-order chi connectivity index (χ0) is 26.1. The monoisotopic (exact) mass is 516 g/mol. The van der Waals surface area contributed by atoms with Gasteiger partial charge in [0.15, 0.2) is 0 Å². The Balaban J connectivity index is 1.05. The zero-order valence-electron chi connectivity index (χ0n) is 22.3. The molecule has 7 heteroatoms. The lowest BCUT2D eigenvalue weighted by molar-refractivity contribution is -0.138. The summed E-state index contributed by atoms with van der Waals surface area (Å²) in [6.07, 6.45) is 10.8. The van der Waals surface area contributed by atoms with Crippen molar-refractivity contribution in [1.29, 1.82) is 0 Å². The number of anilines is 1. The molecule has 2 aromatic rings. The number of fused-ring (bicyclic) bond motifs is 3. The van der Waals surface area contributed by atoms with Gasteiger partial charge < -0.3 is 20.6 Å². The molecule has 3 N–H and O–H groups in total. The van der Waals surface area contributed by atoms with Gasteiger partial charge in [0.2, 0.25) is 5.91 Å². The summed E-state index contributed by atoms with van der Waals surface area (Å²) in [6, 6.07) is 10.3. The van der Waals surface area contributed by atoms with Crippen molar-refractivity contribution in [3.63, 3.8) is 0 Å². The van der Waals surface area contributed by atoms with E-state index in [1.807, 2.05) is 6.07 Å². The summed E-state index contributed by atoms with van der Waals surface area (Å²) < 4.78 is 0. The topological polar surface area (TPSA) is 94.6 Å². The van der Waals surface area contributed by atoms with Gasteiger partial charge in [-0.05, 0) is 111 Å². The molecule has 1 saturated carbocycles. The molecular formula is C31H40N4O3. The number of aliphatic carboxylic acids is 1. The van der Waals surface area contributed by atoms with Crippen LogP contribution in [0.25, 0.3) is 0 Å². The number of amides is 1. The smallest absolute Gasteiger partial charge is 0.305 e. The van der Waals surface area contributed by atoms with E-state index in [2.05, 4.69) is 39.8 Å². The number of hydrogen-bond acceptors (Lipinski definition) is 5. The fourth-order valence-electron chi connectivity index (χ4n) is 6.88. The van der Waals surface area contributed by atoms with Crippen LogP contribution in [0, 0.1) is 5.92 Å². The molecule has 2 atom stereocenters. The van der Waals surface area contributed by atoms with Gasteiger partial charge in [-0.3, -0.25) is 9.59 Å². The molecule has 1 spiro atoms. The minimum absolute atomic E-state index is 0.00925. The van der Waals surface area contributed by atoms with E-state index in [-0.39, 0.29) is 18.2 Å². The molecule has 0 unspecified atom stereocenters. The molecule has 38 heavy (non-hydrogen) atoms. The number of carboxylic acids is 1. The van der Waals surface area contributed by atoms with Crippen LogP contribution >= 0.6 is 0 Å². The first-order valence-electron chi connectivity index (χ1n) is 14.6. The molecule has 0 bridgehead atoms. The number of carbonyl (C=O) groups excluding carboxylic acids is 1. The van der Waals surface area contributed by atoms with Gasteiger partial charge >= 0.3 is 5.97 Å². The van der Waals surface area contributed by atoms with Gasteiger partial charge in [-0.2, -0.15) is 0 Å². The van der Waals surface area contributed by atoms with Gasteiger partial charge in [0.1, 0.15) is 5.82 Å². The summed E-state index contributed by atoms with van der Waals surface area (Å²) in [4.78, 5) is 32.3. The first-order chi connectivity index (χ1) is 18.5. The van der Waals surface area contributed by atoms with Crippen LogP contribution in [0.1, 0.15) is 85.4 Å². The van der Waals surface area contributed by atoms with Gasteiger partial charge in [-0.15, -0.1) is 0 Å². The molecule has 1 aromatic heterocycles. The molecular weight excluding hydrogens is 476 g/mol. The summed E-state index contributed by atoms with van der Waals surface area (Å²) in [7, 11) is 0. The average Bonchev–Trinajstić information content (AvgIpc) is 3.63. The third kappa shape index (κ3) is 5.44. The highest BCUT2D eigenvalue weighted by Crippen LogP contribution is 2.57. The number of nitrogens with zero attached hydrogens (tertiary/aromatic N) is 2. The van der Waals surface area contributed by atoms with Crippen molar-refractivity contribution in [3.8, 4) is 0 Å². The number of carboxylic acid groups (broad SMARTS) is 1. The van der Waals surface area contributed by atoms with Crippen LogP contribution in [0.3, 0.4) is 0 Å². The van der Waals surface area contributed by atoms with Gasteiger partial charge in [-0.1, -0.05) is 24.3 Å². The predicted molar refractivity (Wildman–Crippen MR) is 147 cm³/mol. The Hall–Kier alpha value is -2.93. The van der Waals surface area contributed by atoms with Crippen LogP contribution < -0.4 is 10.6 Å². The van der Waals surface area contributed by atoms with Crippen molar-refractivity contribution >= 4 is 17.7 Å². The number of rotatable bonds is 9. The van der Waals surface area contributed by atoms with Crippen molar-refractivity contribution in [1.82, 2.24) is 15.2 Å². The number of carbonyl (C=O) groups is 2. The van der Waals surface area contributed by atoms with Crippen molar-refractivity contribution < 1.29 is 14.7 Å². The van der Waals surface area contributed by atoms with E-state index in [0.717, 1.165) is 81.8 Å². The quantitative estimate of drug-likeness (QED) is 0.458. The van der Waals surface area contributed by atoms with E-state index in [1.54, 1.807) is 0 Å². The largest absolute Gasteiger partial charge is 0.481 e. The molecule has 1 saturated heterocycles. The Morgan fingerprint density at radius 3 is 2.84 bits per heavy atom. The molecule has 1 amide bonds. The van der Waals surface area contributed by atoms with Crippen LogP contribution in [-0.2, 0) is 34.3 Å². The number of likely N-dealkylation sites (tertiary alicyclic amines) is 1. The molecule has 6 rings (SSSR count). The Bertz CT molecular complexity index is 1210. The third-order valence-corrected chi connectivity index (χ3v) is 9.26. The predicted octanol–water partition coefficient (Wildman–Crippen LogP) is 4.39. The van der Waals surface area contributed by atoms with Crippen molar-refractivity contribution in [3.05, 3.63) is 58.3 Å².